The molecule has 0 spiro atoms. The SMILES string of the molecule is CCCN(CC1CC1)C(=O)C1CNC(=O)CN1. The summed E-state index contributed by atoms with van der Waals surface area (Å²) in [5.74, 6) is 0.820. The van der Waals surface area contributed by atoms with Crippen molar-refractivity contribution in [3.63, 3.8) is 0 Å². The molecule has 0 radical (unpaired) electrons. The first kappa shape index (κ1) is 12.4. The highest BCUT2D eigenvalue weighted by molar-refractivity contribution is 5.86. The highest BCUT2D eigenvalue weighted by Crippen LogP contribution is 2.29. The number of hydrogen-bond donors (Lipinski definition) is 2. The fourth-order valence-corrected chi connectivity index (χ4v) is 2.13. The second kappa shape index (κ2) is 5.49. The minimum absolute atomic E-state index is 0.0294. The topological polar surface area (TPSA) is 61.4 Å². The van der Waals surface area contributed by atoms with E-state index in [9.17, 15) is 9.59 Å². The van der Waals surface area contributed by atoms with Crippen molar-refractivity contribution in [2.45, 2.75) is 32.2 Å². The molecule has 96 valence electrons. The van der Waals surface area contributed by atoms with Crippen LogP contribution in [0.4, 0.5) is 0 Å². The summed E-state index contributed by atoms with van der Waals surface area (Å²) in [6.07, 6.45) is 3.49. The van der Waals surface area contributed by atoms with Crippen LogP contribution in [-0.2, 0) is 9.59 Å². The second-order valence-corrected chi connectivity index (χ2v) is 4.97. The zero-order valence-corrected chi connectivity index (χ0v) is 10.4. The summed E-state index contributed by atoms with van der Waals surface area (Å²) in [5.41, 5.74) is 0. The Kier molecular flexibility index (Phi) is 3.99. The zero-order valence-electron chi connectivity index (χ0n) is 10.4. The van der Waals surface area contributed by atoms with Gasteiger partial charge in [-0.15, -0.1) is 0 Å². The monoisotopic (exact) mass is 239 g/mol. The number of carbonyl (C=O) groups is 2. The molecule has 1 heterocycles. The maximum Gasteiger partial charge on any atom is 0.241 e. The van der Waals surface area contributed by atoms with E-state index in [0.717, 1.165) is 19.5 Å². The van der Waals surface area contributed by atoms with Crippen LogP contribution >= 0.6 is 0 Å². The summed E-state index contributed by atoms with van der Waals surface area (Å²) in [5, 5.41) is 5.73. The number of nitrogens with zero attached hydrogens (tertiary/aromatic N) is 1. The summed E-state index contributed by atoms with van der Waals surface area (Å²) in [4.78, 5) is 25.2. The molecule has 2 aliphatic rings. The molecule has 5 nitrogen and oxygen atoms in total. The molecule has 2 fully saturated rings. The van der Waals surface area contributed by atoms with Crippen LogP contribution in [0.25, 0.3) is 0 Å². The fraction of sp³-hybridized carbons (Fsp3) is 0.833. The van der Waals surface area contributed by atoms with Crippen molar-refractivity contribution < 1.29 is 9.59 Å². The van der Waals surface area contributed by atoms with E-state index in [4.69, 9.17) is 0 Å². The molecule has 0 aromatic rings. The Balaban J connectivity index is 1.87. The predicted molar refractivity (Wildman–Crippen MR) is 64.4 cm³/mol. The molecule has 1 aliphatic heterocycles. The van der Waals surface area contributed by atoms with Crippen LogP contribution in [0.3, 0.4) is 0 Å². The maximum atomic E-state index is 12.3. The van der Waals surface area contributed by atoms with Gasteiger partial charge in [-0.3, -0.25) is 14.9 Å². The third-order valence-electron chi connectivity index (χ3n) is 3.29. The molecule has 0 bridgehead atoms. The zero-order chi connectivity index (χ0) is 12.3. The van der Waals surface area contributed by atoms with Gasteiger partial charge in [0.15, 0.2) is 0 Å². The van der Waals surface area contributed by atoms with E-state index in [1.807, 2.05) is 4.90 Å². The maximum absolute atomic E-state index is 12.3. The Labute approximate surface area is 102 Å². The number of amides is 2. The molecule has 1 saturated heterocycles. The first-order valence-electron chi connectivity index (χ1n) is 6.49. The molecule has 2 rings (SSSR count). The van der Waals surface area contributed by atoms with Crippen molar-refractivity contribution in [2.24, 2.45) is 5.92 Å². The Morgan fingerprint density at radius 2 is 2.24 bits per heavy atom. The fourth-order valence-electron chi connectivity index (χ4n) is 2.13. The smallest absolute Gasteiger partial charge is 0.241 e. The van der Waals surface area contributed by atoms with Crippen molar-refractivity contribution in [3.05, 3.63) is 0 Å². The molecule has 0 aromatic carbocycles. The molecular weight excluding hydrogens is 218 g/mol. The lowest BCUT2D eigenvalue weighted by Gasteiger charge is -2.30. The van der Waals surface area contributed by atoms with Gasteiger partial charge in [0.25, 0.3) is 0 Å². The van der Waals surface area contributed by atoms with E-state index >= 15 is 0 Å². The van der Waals surface area contributed by atoms with E-state index < -0.39 is 0 Å². The van der Waals surface area contributed by atoms with Crippen LogP contribution in [-0.4, -0.2) is 48.9 Å². The molecule has 2 N–H and O–H groups in total. The summed E-state index contributed by atoms with van der Waals surface area (Å²) in [6, 6.07) is -0.238. The van der Waals surface area contributed by atoms with Gasteiger partial charge in [0.2, 0.25) is 11.8 Å². The van der Waals surface area contributed by atoms with Gasteiger partial charge < -0.3 is 10.2 Å². The van der Waals surface area contributed by atoms with Crippen molar-refractivity contribution >= 4 is 11.8 Å². The van der Waals surface area contributed by atoms with Crippen LogP contribution in [0.1, 0.15) is 26.2 Å². The average molecular weight is 239 g/mol. The minimum atomic E-state index is -0.238. The summed E-state index contributed by atoms with van der Waals surface area (Å²) < 4.78 is 0. The lowest BCUT2D eigenvalue weighted by atomic mass is 10.2. The van der Waals surface area contributed by atoms with Crippen LogP contribution in [0, 0.1) is 5.92 Å². The van der Waals surface area contributed by atoms with Gasteiger partial charge in [-0.25, -0.2) is 0 Å². The van der Waals surface area contributed by atoms with E-state index in [-0.39, 0.29) is 24.4 Å². The molecule has 1 aliphatic carbocycles. The van der Waals surface area contributed by atoms with E-state index in [0.29, 0.717) is 12.5 Å². The van der Waals surface area contributed by atoms with Gasteiger partial charge in [0.1, 0.15) is 6.04 Å². The van der Waals surface area contributed by atoms with Gasteiger partial charge in [-0.2, -0.15) is 0 Å². The number of nitrogens with one attached hydrogen (secondary N) is 2. The van der Waals surface area contributed by atoms with Crippen molar-refractivity contribution in [2.75, 3.05) is 26.2 Å². The predicted octanol–water partition coefficient (Wildman–Crippen LogP) is -0.277. The quantitative estimate of drug-likeness (QED) is 0.694. The Morgan fingerprint density at radius 3 is 2.76 bits per heavy atom. The first-order valence-corrected chi connectivity index (χ1v) is 6.49. The van der Waals surface area contributed by atoms with Gasteiger partial charge in [0.05, 0.1) is 6.54 Å². The lowest BCUT2D eigenvalue weighted by Crippen LogP contribution is -2.59. The molecule has 1 unspecified atom stereocenters. The van der Waals surface area contributed by atoms with Crippen LogP contribution < -0.4 is 10.6 Å². The van der Waals surface area contributed by atoms with Gasteiger partial charge in [-0.05, 0) is 25.2 Å². The lowest BCUT2D eigenvalue weighted by molar-refractivity contribution is -0.135. The van der Waals surface area contributed by atoms with Crippen LogP contribution in [0.2, 0.25) is 0 Å². The van der Waals surface area contributed by atoms with Crippen molar-refractivity contribution in [1.82, 2.24) is 15.5 Å². The van der Waals surface area contributed by atoms with Crippen molar-refractivity contribution in [1.29, 1.82) is 0 Å². The van der Waals surface area contributed by atoms with Crippen LogP contribution in [0.5, 0.6) is 0 Å². The Hall–Kier alpha value is -1.10. The number of carbonyl (C=O) groups excluding carboxylic acids is 2. The molecule has 1 saturated carbocycles. The second-order valence-electron chi connectivity index (χ2n) is 4.97. The molecule has 5 heteroatoms. The Morgan fingerprint density at radius 1 is 1.47 bits per heavy atom. The third kappa shape index (κ3) is 3.43. The number of piperazine rings is 1. The van der Waals surface area contributed by atoms with Gasteiger partial charge >= 0.3 is 0 Å². The standard InChI is InChI=1S/C12H21N3O2/c1-2-5-15(8-9-3-4-9)12(17)10-6-14-11(16)7-13-10/h9-10,13H,2-8H2,1H3,(H,14,16). The summed E-state index contributed by atoms with van der Waals surface area (Å²) in [6.45, 7) is 4.46. The Bertz CT molecular complexity index is 292. The molecular formula is C12H21N3O2. The molecule has 17 heavy (non-hydrogen) atoms. The summed E-state index contributed by atoms with van der Waals surface area (Å²) in [7, 11) is 0. The molecule has 1 atom stereocenters. The van der Waals surface area contributed by atoms with Crippen molar-refractivity contribution in [3.8, 4) is 0 Å². The van der Waals surface area contributed by atoms with Crippen LogP contribution in [0.15, 0.2) is 0 Å². The summed E-state index contributed by atoms with van der Waals surface area (Å²) >= 11 is 0. The van der Waals surface area contributed by atoms with Gasteiger partial charge in [0, 0.05) is 19.6 Å². The normalized spacial score (nSPS) is 24.3. The van der Waals surface area contributed by atoms with Gasteiger partial charge in [-0.1, -0.05) is 6.92 Å². The molecule has 0 aromatic heterocycles. The van der Waals surface area contributed by atoms with E-state index in [2.05, 4.69) is 17.6 Å². The number of hydrogen-bond acceptors (Lipinski definition) is 3. The largest absolute Gasteiger partial charge is 0.353 e. The highest BCUT2D eigenvalue weighted by atomic mass is 16.2. The highest BCUT2D eigenvalue weighted by Gasteiger charge is 2.31. The van der Waals surface area contributed by atoms with E-state index in [1.165, 1.54) is 12.8 Å². The van der Waals surface area contributed by atoms with E-state index in [1.54, 1.807) is 0 Å². The number of rotatable bonds is 5. The third-order valence-corrected chi connectivity index (χ3v) is 3.29. The average Bonchev–Trinajstić information content (AvgIpc) is 3.13. The first-order chi connectivity index (χ1) is 8.20. The minimum Gasteiger partial charge on any atom is -0.353 e. The molecule has 2 amide bonds.